The molecule has 28 heavy (non-hydrogen) atoms. The Labute approximate surface area is 167 Å². The predicted molar refractivity (Wildman–Crippen MR) is 103 cm³/mol. The molecule has 1 aliphatic rings. The van der Waals surface area contributed by atoms with Gasteiger partial charge in [-0.2, -0.15) is 5.10 Å². The molecule has 2 amide bonds. The van der Waals surface area contributed by atoms with Gasteiger partial charge in [-0.15, -0.1) is 0 Å². The monoisotopic (exact) mass is 407 g/mol. The van der Waals surface area contributed by atoms with E-state index in [4.69, 9.17) is 11.6 Å². The highest BCUT2D eigenvalue weighted by atomic mass is 35.5. The van der Waals surface area contributed by atoms with E-state index < -0.39 is 11.9 Å². The molecule has 0 spiro atoms. The van der Waals surface area contributed by atoms with Crippen LogP contribution in [0, 0.1) is 12.7 Å². The molecule has 2 aromatic rings. The highest BCUT2D eigenvalue weighted by Crippen LogP contribution is 2.19. The van der Waals surface area contributed by atoms with Crippen molar-refractivity contribution in [2.45, 2.75) is 32.5 Å². The van der Waals surface area contributed by atoms with E-state index in [0.717, 1.165) is 11.4 Å². The number of benzene rings is 1. The third-order valence-corrected chi connectivity index (χ3v) is 5.13. The number of halogens is 2. The second-order valence-electron chi connectivity index (χ2n) is 6.91. The van der Waals surface area contributed by atoms with Crippen LogP contribution in [0.5, 0.6) is 0 Å². The number of carbonyl (C=O) groups is 2. The Balaban J connectivity index is 1.62. The third-order valence-electron chi connectivity index (χ3n) is 4.82. The van der Waals surface area contributed by atoms with E-state index in [1.165, 1.54) is 12.1 Å². The fraction of sp³-hybridized carbons (Fsp3) is 0.421. The first kappa shape index (κ1) is 20.3. The molecule has 1 fully saturated rings. The van der Waals surface area contributed by atoms with Crippen molar-refractivity contribution < 1.29 is 14.0 Å². The quantitative estimate of drug-likeness (QED) is 0.761. The van der Waals surface area contributed by atoms with Gasteiger partial charge in [0.15, 0.2) is 0 Å². The Morgan fingerprint density at radius 1 is 1.43 bits per heavy atom. The second kappa shape index (κ2) is 8.70. The normalized spacial score (nSPS) is 17.4. The minimum absolute atomic E-state index is 0.0215. The van der Waals surface area contributed by atoms with Crippen LogP contribution in [-0.4, -0.2) is 45.6 Å². The van der Waals surface area contributed by atoms with Gasteiger partial charge in [-0.05, 0) is 30.7 Å². The van der Waals surface area contributed by atoms with E-state index in [2.05, 4.69) is 15.7 Å². The lowest BCUT2D eigenvalue weighted by Gasteiger charge is -2.34. The molecule has 2 N–H and O–H groups in total. The lowest BCUT2D eigenvalue weighted by atomic mass is 10.1. The summed E-state index contributed by atoms with van der Waals surface area (Å²) in [5, 5.41) is 9.95. The molecule has 0 radical (unpaired) electrons. The Hall–Kier alpha value is -2.45. The van der Waals surface area contributed by atoms with Crippen molar-refractivity contribution in [2.75, 3.05) is 13.1 Å². The number of aromatic nitrogens is 2. The average molecular weight is 408 g/mol. The van der Waals surface area contributed by atoms with Crippen molar-refractivity contribution in [1.29, 1.82) is 0 Å². The molecule has 1 unspecified atom stereocenters. The first-order valence-electron chi connectivity index (χ1n) is 9.05. The summed E-state index contributed by atoms with van der Waals surface area (Å²) < 4.78 is 15.4. The molecular weight excluding hydrogens is 385 g/mol. The predicted octanol–water partition coefficient (Wildman–Crippen LogP) is 1.53. The molecule has 0 aliphatic carbocycles. The lowest BCUT2D eigenvalue weighted by molar-refractivity contribution is -0.134. The van der Waals surface area contributed by atoms with E-state index in [9.17, 15) is 14.0 Å². The molecule has 9 heteroatoms. The fourth-order valence-electron chi connectivity index (χ4n) is 3.20. The summed E-state index contributed by atoms with van der Waals surface area (Å²) in [7, 11) is 1.84. The summed E-state index contributed by atoms with van der Waals surface area (Å²) in [6, 6.07) is 5.85. The first-order chi connectivity index (χ1) is 13.3. The van der Waals surface area contributed by atoms with Crippen molar-refractivity contribution in [3.63, 3.8) is 0 Å². The van der Waals surface area contributed by atoms with E-state index in [-0.39, 0.29) is 23.3 Å². The number of amides is 2. The van der Waals surface area contributed by atoms with Crippen LogP contribution in [0.1, 0.15) is 23.4 Å². The van der Waals surface area contributed by atoms with Gasteiger partial charge < -0.3 is 10.6 Å². The third kappa shape index (κ3) is 4.88. The number of hydrogen-bond acceptors (Lipinski definition) is 4. The van der Waals surface area contributed by atoms with Crippen LogP contribution in [0.2, 0.25) is 5.02 Å². The molecule has 150 valence electrons. The van der Waals surface area contributed by atoms with Crippen LogP contribution in [0.4, 0.5) is 4.39 Å². The number of aryl methyl sites for hydroxylation is 2. The number of nitrogens with one attached hydrogen (secondary N) is 2. The minimum Gasteiger partial charge on any atom is -0.353 e. The zero-order chi connectivity index (χ0) is 20.3. The Morgan fingerprint density at radius 3 is 2.89 bits per heavy atom. The smallest absolute Gasteiger partial charge is 0.237 e. The number of hydrogen-bond donors (Lipinski definition) is 2. The average Bonchev–Trinajstić information content (AvgIpc) is 2.97. The van der Waals surface area contributed by atoms with Crippen LogP contribution in [0.15, 0.2) is 24.3 Å². The second-order valence-corrected chi connectivity index (χ2v) is 7.31. The molecule has 1 aliphatic heterocycles. The van der Waals surface area contributed by atoms with Crippen molar-refractivity contribution in [3.05, 3.63) is 52.1 Å². The molecule has 3 rings (SSSR count). The number of nitrogens with zero attached hydrogens (tertiary/aromatic N) is 3. The number of piperazine rings is 1. The highest BCUT2D eigenvalue weighted by molar-refractivity contribution is 6.30. The molecule has 7 nitrogen and oxygen atoms in total. The fourth-order valence-corrected chi connectivity index (χ4v) is 3.32. The Bertz CT molecular complexity index is 866. The molecule has 1 saturated heterocycles. The zero-order valence-electron chi connectivity index (χ0n) is 15.8. The van der Waals surface area contributed by atoms with Gasteiger partial charge in [0.2, 0.25) is 11.8 Å². The van der Waals surface area contributed by atoms with Gasteiger partial charge in [-0.1, -0.05) is 17.7 Å². The summed E-state index contributed by atoms with van der Waals surface area (Å²) in [6.45, 7) is 3.66. The summed E-state index contributed by atoms with van der Waals surface area (Å²) in [6.07, 6.45) is 0.0215. The Morgan fingerprint density at radius 2 is 2.21 bits per heavy atom. The molecule has 1 aromatic carbocycles. The number of carbonyl (C=O) groups excluding carboxylic acids is 2. The van der Waals surface area contributed by atoms with Gasteiger partial charge in [-0.3, -0.25) is 19.2 Å². The van der Waals surface area contributed by atoms with E-state index in [1.54, 1.807) is 10.7 Å². The SMILES string of the molecule is Cc1cc(CNC(=O)CC2C(=O)NCCN2Cc2ccc(Cl)c(F)c2)nn1C. The van der Waals surface area contributed by atoms with Gasteiger partial charge in [0.05, 0.1) is 29.7 Å². The van der Waals surface area contributed by atoms with Crippen LogP contribution >= 0.6 is 11.6 Å². The van der Waals surface area contributed by atoms with Crippen molar-refractivity contribution in [1.82, 2.24) is 25.3 Å². The summed E-state index contributed by atoms with van der Waals surface area (Å²) >= 11 is 5.73. The maximum absolute atomic E-state index is 13.7. The maximum Gasteiger partial charge on any atom is 0.237 e. The standard InChI is InChI=1S/C19H23ClFN5O2/c1-12-7-14(24-25(12)2)10-23-18(27)9-17-19(28)22-5-6-26(17)11-13-3-4-15(20)16(21)8-13/h3-4,7-8,17H,5-6,9-11H2,1-2H3,(H,22,28)(H,23,27). The van der Waals surface area contributed by atoms with Crippen LogP contribution in [0.25, 0.3) is 0 Å². The summed E-state index contributed by atoms with van der Waals surface area (Å²) in [5.41, 5.74) is 2.46. The van der Waals surface area contributed by atoms with Gasteiger partial charge in [0, 0.05) is 32.4 Å². The lowest BCUT2D eigenvalue weighted by Crippen LogP contribution is -2.56. The van der Waals surface area contributed by atoms with Gasteiger partial charge in [0.25, 0.3) is 0 Å². The van der Waals surface area contributed by atoms with Crippen LogP contribution < -0.4 is 10.6 Å². The molecule has 0 saturated carbocycles. The van der Waals surface area contributed by atoms with Crippen molar-refractivity contribution in [3.8, 4) is 0 Å². The molecular formula is C19H23ClFN5O2. The minimum atomic E-state index is -0.613. The maximum atomic E-state index is 13.7. The van der Waals surface area contributed by atoms with Crippen LogP contribution in [-0.2, 0) is 29.7 Å². The molecule has 1 aromatic heterocycles. The highest BCUT2D eigenvalue weighted by Gasteiger charge is 2.31. The van der Waals surface area contributed by atoms with Gasteiger partial charge >= 0.3 is 0 Å². The summed E-state index contributed by atoms with van der Waals surface area (Å²) in [5.74, 6) is -0.942. The van der Waals surface area contributed by atoms with Crippen molar-refractivity contribution in [2.24, 2.45) is 7.05 Å². The summed E-state index contributed by atoms with van der Waals surface area (Å²) in [4.78, 5) is 26.6. The Kier molecular flexibility index (Phi) is 6.31. The largest absolute Gasteiger partial charge is 0.353 e. The topological polar surface area (TPSA) is 79.3 Å². The van der Waals surface area contributed by atoms with Gasteiger partial charge in [0.1, 0.15) is 5.82 Å². The van der Waals surface area contributed by atoms with Gasteiger partial charge in [-0.25, -0.2) is 4.39 Å². The molecule has 2 heterocycles. The zero-order valence-corrected chi connectivity index (χ0v) is 16.6. The number of rotatable bonds is 6. The molecule has 1 atom stereocenters. The van der Waals surface area contributed by atoms with E-state index in [0.29, 0.717) is 31.7 Å². The van der Waals surface area contributed by atoms with Crippen LogP contribution in [0.3, 0.4) is 0 Å². The van der Waals surface area contributed by atoms with E-state index >= 15 is 0 Å². The first-order valence-corrected chi connectivity index (χ1v) is 9.43. The van der Waals surface area contributed by atoms with Crippen molar-refractivity contribution >= 4 is 23.4 Å². The molecule has 0 bridgehead atoms. The van der Waals surface area contributed by atoms with E-state index in [1.807, 2.05) is 24.9 Å².